The first kappa shape index (κ1) is 13.0. The van der Waals surface area contributed by atoms with Gasteiger partial charge in [0.15, 0.2) is 0 Å². The summed E-state index contributed by atoms with van der Waals surface area (Å²) in [7, 11) is 0. The molecule has 0 fully saturated rings. The highest BCUT2D eigenvalue weighted by Crippen LogP contribution is 2.21. The highest BCUT2D eigenvalue weighted by molar-refractivity contribution is 14.1. The van der Waals surface area contributed by atoms with Crippen molar-refractivity contribution in [2.75, 3.05) is 0 Å². The molecule has 0 aliphatic heterocycles. The molecular weight excluding hydrogens is 323 g/mol. The Hall–Kier alpha value is -1.11. The Balaban J connectivity index is 3.06. The van der Waals surface area contributed by atoms with E-state index < -0.39 is 17.9 Å². The normalized spacial score (nSPS) is 12.1. The minimum Gasteiger partial charge on any atom is -0.481 e. The van der Waals surface area contributed by atoms with E-state index in [0.717, 1.165) is 3.57 Å². The molecule has 5 heteroatoms. The van der Waals surface area contributed by atoms with E-state index in [2.05, 4.69) is 0 Å². The molecule has 0 aliphatic rings. The molecule has 4 nitrogen and oxygen atoms in total. The number of hydrogen-bond donors (Lipinski definition) is 2. The predicted molar refractivity (Wildman–Crippen MR) is 66.5 cm³/mol. The maximum atomic E-state index is 10.8. The van der Waals surface area contributed by atoms with Gasteiger partial charge in [0.2, 0.25) is 0 Å². The van der Waals surface area contributed by atoms with Crippen molar-refractivity contribution in [3.63, 3.8) is 0 Å². The molecule has 0 saturated carbocycles. The zero-order valence-corrected chi connectivity index (χ0v) is 10.8. The lowest BCUT2D eigenvalue weighted by Gasteiger charge is -2.09. The van der Waals surface area contributed by atoms with Crippen molar-refractivity contribution in [2.45, 2.75) is 19.3 Å². The quantitative estimate of drug-likeness (QED) is 0.827. The van der Waals surface area contributed by atoms with E-state index in [0.29, 0.717) is 11.1 Å². The van der Waals surface area contributed by atoms with Gasteiger partial charge in [0.25, 0.3) is 0 Å². The Labute approximate surface area is 106 Å². The molecule has 86 valence electrons. The second-order valence-electron chi connectivity index (χ2n) is 3.48. The zero-order valence-electron chi connectivity index (χ0n) is 8.61. The summed E-state index contributed by atoms with van der Waals surface area (Å²) in [6.07, 6.45) is -0.0849. The number of carboxylic acid groups (broad SMARTS) is 2. The third kappa shape index (κ3) is 3.19. The molecule has 1 unspecified atom stereocenters. The van der Waals surface area contributed by atoms with Gasteiger partial charge in [-0.1, -0.05) is 12.1 Å². The summed E-state index contributed by atoms with van der Waals surface area (Å²) < 4.78 is 0.835. The molecule has 16 heavy (non-hydrogen) atoms. The van der Waals surface area contributed by atoms with Crippen LogP contribution in [0.25, 0.3) is 0 Å². The molecule has 0 aliphatic carbocycles. The van der Waals surface area contributed by atoms with Gasteiger partial charge < -0.3 is 10.2 Å². The molecule has 1 aromatic carbocycles. The Morgan fingerprint density at radius 2 is 2.00 bits per heavy atom. The minimum atomic E-state index is -0.918. The third-order valence-electron chi connectivity index (χ3n) is 2.28. The topological polar surface area (TPSA) is 74.6 Å². The average molecular weight is 334 g/mol. The fourth-order valence-corrected chi connectivity index (χ4v) is 1.83. The van der Waals surface area contributed by atoms with Crippen LogP contribution < -0.4 is 0 Å². The second-order valence-corrected chi connectivity index (χ2v) is 4.64. The smallest absolute Gasteiger partial charge is 0.310 e. The van der Waals surface area contributed by atoms with Crippen molar-refractivity contribution in [1.29, 1.82) is 0 Å². The lowest BCUT2D eigenvalue weighted by atomic mass is 9.98. The van der Waals surface area contributed by atoms with Crippen LogP contribution >= 0.6 is 22.6 Å². The summed E-state index contributed by atoms with van der Waals surface area (Å²) in [5, 5.41) is 17.6. The minimum absolute atomic E-state index is 0.0849. The Morgan fingerprint density at radius 1 is 1.38 bits per heavy atom. The van der Waals surface area contributed by atoms with Crippen LogP contribution in [0.4, 0.5) is 0 Å². The van der Waals surface area contributed by atoms with Crippen molar-refractivity contribution in [1.82, 2.24) is 0 Å². The number of benzene rings is 1. The van der Waals surface area contributed by atoms with Crippen LogP contribution in [-0.4, -0.2) is 22.2 Å². The standard InChI is InChI=1S/C11H11IO4/c1-6(11(15)16)7-2-3-9(12)8(4-7)5-10(13)14/h2-4,6H,5H2,1H3,(H,13,14)(H,15,16). The van der Waals surface area contributed by atoms with Crippen molar-refractivity contribution < 1.29 is 19.8 Å². The van der Waals surface area contributed by atoms with Gasteiger partial charge in [-0.3, -0.25) is 9.59 Å². The van der Waals surface area contributed by atoms with Crippen LogP contribution in [0.5, 0.6) is 0 Å². The van der Waals surface area contributed by atoms with Gasteiger partial charge in [0.1, 0.15) is 0 Å². The Bertz CT molecular complexity index is 428. The monoisotopic (exact) mass is 334 g/mol. The molecule has 0 saturated heterocycles. The van der Waals surface area contributed by atoms with Crippen molar-refractivity contribution in [2.24, 2.45) is 0 Å². The molecule has 0 bridgehead atoms. The van der Waals surface area contributed by atoms with Crippen LogP contribution in [0.1, 0.15) is 24.0 Å². The van der Waals surface area contributed by atoms with E-state index in [1.165, 1.54) is 0 Å². The van der Waals surface area contributed by atoms with Gasteiger partial charge in [0.05, 0.1) is 12.3 Å². The molecule has 2 N–H and O–H groups in total. The molecule has 0 spiro atoms. The molecular formula is C11H11IO4. The van der Waals surface area contributed by atoms with Gasteiger partial charge in [-0.05, 0) is 46.7 Å². The summed E-state index contributed by atoms with van der Waals surface area (Å²) in [6, 6.07) is 5.11. The Kier molecular flexibility index (Phi) is 4.28. The molecule has 0 heterocycles. The second kappa shape index (κ2) is 5.29. The Morgan fingerprint density at radius 3 is 2.50 bits per heavy atom. The fourth-order valence-electron chi connectivity index (χ4n) is 1.30. The van der Waals surface area contributed by atoms with Gasteiger partial charge in [0, 0.05) is 3.57 Å². The van der Waals surface area contributed by atoms with Crippen LogP contribution in [0, 0.1) is 3.57 Å². The first-order valence-electron chi connectivity index (χ1n) is 4.64. The van der Waals surface area contributed by atoms with Gasteiger partial charge >= 0.3 is 11.9 Å². The molecule has 1 atom stereocenters. The fraction of sp³-hybridized carbons (Fsp3) is 0.273. The summed E-state index contributed by atoms with van der Waals surface area (Å²) in [6.45, 7) is 1.58. The number of hydrogen-bond acceptors (Lipinski definition) is 2. The summed E-state index contributed by atoms with van der Waals surface area (Å²) in [5.74, 6) is -2.45. The molecule has 1 aromatic rings. The van der Waals surface area contributed by atoms with E-state index in [4.69, 9.17) is 10.2 Å². The SMILES string of the molecule is CC(C(=O)O)c1ccc(I)c(CC(=O)O)c1. The lowest BCUT2D eigenvalue weighted by Crippen LogP contribution is -2.09. The van der Waals surface area contributed by atoms with Crippen molar-refractivity contribution >= 4 is 34.5 Å². The molecule has 1 rings (SSSR count). The van der Waals surface area contributed by atoms with Crippen LogP contribution in [-0.2, 0) is 16.0 Å². The molecule has 0 aromatic heterocycles. The predicted octanol–water partition coefficient (Wildman–Crippen LogP) is 2.11. The van der Waals surface area contributed by atoms with E-state index in [-0.39, 0.29) is 6.42 Å². The maximum Gasteiger partial charge on any atom is 0.310 e. The first-order chi connectivity index (χ1) is 7.41. The van der Waals surface area contributed by atoms with Gasteiger partial charge in [-0.15, -0.1) is 0 Å². The van der Waals surface area contributed by atoms with E-state index in [1.807, 2.05) is 22.6 Å². The van der Waals surface area contributed by atoms with Crippen molar-refractivity contribution in [3.05, 3.63) is 32.9 Å². The van der Waals surface area contributed by atoms with Crippen LogP contribution in [0.3, 0.4) is 0 Å². The zero-order chi connectivity index (χ0) is 12.3. The summed E-state index contributed by atoms with van der Waals surface area (Å²) >= 11 is 2.04. The number of rotatable bonds is 4. The number of halogens is 1. The highest BCUT2D eigenvalue weighted by atomic mass is 127. The summed E-state index contributed by atoms with van der Waals surface area (Å²) in [5.41, 5.74) is 1.28. The number of carbonyl (C=O) groups is 2. The average Bonchev–Trinajstić information content (AvgIpc) is 2.19. The largest absolute Gasteiger partial charge is 0.481 e. The lowest BCUT2D eigenvalue weighted by molar-refractivity contribution is -0.138. The van der Waals surface area contributed by atoms with Gasteiger partial charge in [-0.25, -0.2) is 0 Å². The van der Waals surface area contributed by atoms with Crippen LogP contribution in [0.15, 0.2) is 18.2 Å². The number of aliphatic carboxylic acids is 2. The third-order valence-corrected chi connectivity index (χ3v) is 3.33. The molecule has 0 amide bonds. The van der Waals surface area contributed by atoms with E-state index in [9.17, 15) is 9.59 Å². The summed E-state index contributed by atoms with van der Waals surface area (Å²) in [4.78, 5) is 21.4. The van der Waals surface area contributed by atoms with E-state index in [1.54, 1.807) is 25.1 Å². The maximum absolute atomic E-state index is 10.8. The van der Waals surface area contributed by atoms with Crippen molar-refractivity contribution in [3.8, 4) is 0 Å². The highest BCUT2D eigenvalue weighted by Gasteiger charge is 2.15. The number of carboxylic acids is 2. The van der Waals surface area contributed by atoms with Gasteiger partial charge in [-0.2, -0.15) is 0 Å². The van der Waals surface area contributed by atoms with E-state index >= 15 is 0 Å². The first-order valence-corrected chi connectivity index (χ1v) is 5.72. The molecule has 0 radical (unpaired) electrons. The van der Waals surface area contributed by atoms with Crippen LogP contribution in [0.2, 0.25) is 0 Å².